The summed E-state index contributed by atoms with van der Waals surface area (Å²) in [6.45, 7) is 1.34. The van der Waals surface area contributed by atoms with Crippen molar-refractivity contribution in [3.05, 3.63) is 52.3 Å². The number of aryl methyl sites for hydroxylation is 1. The molecule has 0 saturated carbocycles. The molecule has 0 radical (unpaired) electrons. The van der Waals surface area contributed by atoms with Crippen LogP contribution in [0.25, 0.3) is 6.08 Å². The highest BCUT2D eigenvalue weighted by Crippen LogP contribution is 2.34. The minimum absolute atomic E-state index is 0.225. The first kappa shape index (κ1) is 18.7. The summed E-state index contributed by atoms with van der Waals surface area (Å²) in [4.78, 5) is 23.0. The van der Waals surface area contributed by atoms with Crippen LogP contribution in [0.5, 0.6) is 0 Å². The van der Waals surface area contributed by atoms with E-state index in [0.717, 1.165) is 16.8 Å². The van der Waals surface area contributed by atoms with Gasteiger partial charge in [0.2, 0.25) is 5.91 Å². The molecule has 0 spiro atoms. The molecule has 0 unspecified atom stereocenters. The topological polar surface area (TPSA) is 64.0 Å². The zero-order valence-electron chi connectivity index (χ0n) is 13.2. The van der Waals surface area contributed by atoms with Crippen LogP contribution >= 0.6 is 11.6 Å². The van der Waals surface area contributed by atoms with Gasteiger partial charge in [0.15, 0.2) is 11.5 Å². The third-order valence-electron chi connectivity index (χ3n) is 3.17. The highest BCUT2D eigenvalue weighted by molar-refractivity contribution is 6.31. The van der Waals surface area contributed by atoms with Crippen LogP contribution in [0.15, 0.2) is 30.3 Å². The second-order valence-electron chi connectivity index (χ2n) is 5.13. The van der Waals surface area contributed by atoms with Gasteiger partial charge in [-0.15, -0.1) is 0 Å². The number of carbonyl (C=O) groups is 2. The number of alkyl halides is 3. The number of anilines is 1. The van der Waals surface area contributed by atoms with E-state index < -0.39 is 17.7 Å². The SMILES string of the molecule is CC(=O)Nc1ccc(C(=O)/C=C/c2c(C(F)(F)F)nn(C)c2Cl)cc1. The minimum atomic E-state index is -4.69. The van der Waals surface area contributed by atoms with E-state index >= 15 is 0 Å². The smallest absolute Gasteiger partial charge is 0.326 e. The van der Waals surface area contributed by atoms with Gasteiger partial charge in [0.1, 0.15) is 5.15 Å². The maximum atomic E-state index is 12.9. The summed E-state index contributed by atoms with van der Waals surface area (Å²) in [5.74, 6) is -0.771. The second kappa shape index (κ2) is 7.10. The van der Waals surface area contributed by atoms with E-state index in [0.29, 0.717) is 5.69 Å². The van der Waals surface area contributed by atoms with E-state index in [4.69, 9.17) is 11.6 Å². The van der Waals surface area contributed by atoms with Crippen molar-refractivity contribution in [2.45, 2.75) is 13.1 Å². The number of aromatic nitrogens is 2. The second-order valence-corrected chi connectivity index (χ2v) is 5.49. The van der Waals surface area contributed by atoms with Crippen molar-refractivity contribution in [2.24, 2.45) is 7.05 Å². The number of hydrogen-bond acceptors (Lipinski definition) is 3. The fourth-order valence-electron chi connectivity index (χ4n) is 2.05. The Morgan fingerprint density at radius 1 is 1.24 bits per heavy atom. The van der Waals surface area contributed by atoms with Crippen LogP contribution in [0, 0.1) is 0 Å². The molecule has 0 atom stereocenters. The average Bonchev–Trinajstić information content (AvgIpc) is 2.80. The van der Waals surface area contributed by atoms with Crippen molar-refractivity contribution in [3.8, 4) is 0 Å². The van der Waals surface area contributed by atoms with Gasteiger partial charge in [0.05, 0.1) is 0 Å². The Balaban J connectivity index is 2.25. The number of carbonyl (C=O) groups excluding carboxylic acids is 2. The lowest BCUT2D eigenvalue weighted by molar-refractivity contribution is -0.141. The van der Waals surface area contributed by atoms with Crippen molar-refractivity contribution in [2.75, 3.05) is 5.32 Å². The summed E-state index contributed by atoms with van der Waals surface area (Å²) in [5, 5.41) is 5.64. The predicted molar refractivity (Wildman–Crippen MR) is 87.3 cm³/mol. The number of benzene rings is 1. The zero-order valence-corrected chi connectivity index (χ0v) is 13.9. The Morgan fingerprint density at radius 2 is 1.84 bits per heavy atom. The summed E-state index contributed by atoms with van der Waals surface area (Å²) in [6, 6.07) is 5.93. The molecule has 132 valence electrons. The first-order chi connectivity index (χ1) is 11.6. The van der Waals surface area contributed by atoms with E-state index in [1.54, 1.807) is 0 Å². The van der Waals surface area contributed by atoms with Gasteiger partial charge in [-0.3, -0.25) is 14.3 Å². The van der Waals surface area contributed by atoms with Gasteiger partial charge in [-0.05, 0) is 36.4 Å². The van der Waals surface area contributed by atoms with Crippen molar-refractivity contribution in [1.29, 1.82) is 0 Å². The lowest BCUT2D eigenvalue weighted by Gasteiger charge is -2.03. The first-order valence-corrected chi connectivity index (χ1v) is 7.37. The Hall–Kier alpha value is -2.61. The lowest BCUT2D eigenvalue weighted by atomic mass is 10.1. The molecule has 0 saturated heterocycles. The number of ketones is 1. The van der Waals surface area contributed by atoms with Crippen molar-refractivity contribution >= 4 is 35.1 Å². The third kappa shape index (κ3) is 4.48. The molecule has 1 N–H and O–H groups in total. The van der Waals surface area contributed by atoms with Crippen LogP contribution in [0.1, 0.15) is 28.5 Å². The molecule has 1 amide bonds. The quantitative estimate of drug-likeness (QED) is 0.654. The van der Waals surface area contributed by atoms with Crippen LogP contribution < -0.4 is 5.32 Å². The molecule has 0 aliphatic heterocycles. The summed E-state index contributed by atoms with van der Waals surface area (Å²) in [6.07, 6.45) is -2.71. The highest BCUT2D eigenvalue weighted by atomic mass is 35.5. The van der Waals surface area contributed by atoms with E-state index in [9.17, 15) is 22.8 Å². The molecule has 0 aliphatic rings. The Kier molecular flexibility index (Phi) is 5.32. The number of halogens is 4. The largest absolute Gasteiger partial charge is 0.435 e. The van der Waals surface area contributed by atoms with Crippen LogP contribution in [-0.2, 0) is 18.0 Å². The maximum Gasteiger partial charge on any atom is 0.435 e. The average molecular weight is 372 g/mol. The summed E-state index contributed by atoms with van der Waals surface area (Å²) >= 11 is 5.82. The molecular formula is C16H13ClF3N3O2. The number of rotatable bonds is 4. The fourth-order valence-corrected chi connectivity index (χ4v) is 2.24. The summed E-state index contributed by atoms with van der Waals surface area (Å²) in [5.41, 5.74) is -0.786. The van der Waals surface area contributed by atoms with Crippen molar-refractivity contribution < 1.29 is 22.8 Å². The van der Waals surface area contributed by atoms with Gasteiger partial charge in [0, 0.05) is 30.8 Å². The fraction of sp³-hybridized carbons (Fsp3) is 0.188. The van der Waals surface area contributed by atoms with Crippen LogP contribution in [0.4, 0.5) is 18.9 Å². The van der Waals surface area contributed by atoms with Gasteiger partial charge >= 0.3 is 6.18 Å². The number of allylic oxidation sites excluding steroid dienone is 1. The zero-order chi connectivity index (χ0) is 18.8. The molecule has 1 aromatic heterocycles. The summed E-state index contributed by atoms with van der Waals surface area (Å²) in [7, 11) is 1.28. The van der Waals surface area contributed by atoms with E-state index in [2.05, 4.69) is 10.4 Å². The molecule has 0 aliphatic carbocycles. The molecule has 1 heterocycles. The molecular weight excluding hydrogens is 359 g/mol. The standard InChI is InChI=1S/C16H13ClF3N3O2/c1-9(24)21-11-5-3-10(4-6-11)13(25)8-7-12-14(16(18,19)20)22-23(2)15(12)17/h3-8H,1-2H3,(H,21,24)/b8-7+. The van der Waals surface area contributed by atoms with E-state index in [1.807, 2.05) is 0 Å². The third-order valence-corrected chi connectivity index (χ3v) is 3.62. The Bertz CT molecular complexity index is 840. The Labute approximate surface area is 146 Å². The normalized spacial score (nSPS) is 11.8. The van der Waals surface area contributed by atoms with Crippen LogP contribution in [-0.4, -0.2) is 21.5 Å². The number of hydrogen-bond donors (Lipinski definition) is 1. The molecule has 2 aromatic rings. The van der Waals surface area contributed by atoms with Crippen molar-refractivity contribution in [1.82, 2.24) is 9.78 Å². The van der Waals surface area contributed by atoms with Gasteiger partial charge in [-0.25, -0.2) is 0 Å². The number of nitrogens with one attached hydrogen (secondary N) is 1. The lowest BCUT2D eigenvalue weighted by Crippen LogP contribution is -2.08. The van der Waals surface area contributed by atoms with Gasteiger partial charge in [0.25, 0.3) is 0 Å². The number of nitrogens with zero attached hydrogens (tertiary/aromatic N) is 2. The maximum absolute atomic E-state index is 12.9. The molecule has 0 bridgehead atoms. The van der Waals surface area contributed by atoms with E-state index in [1.165, 1.54) is 38.2 Å². The molecule has 9 heteroatoms. The highest BCUT2D eigenvalue weighted by Gasteiger charge is 2.37. The van der Waals surface area contributed by atoms with Crippen LogP contribution in [0.2, 0.25) is 5.15 Å². The molecule has 1 aromatic carbocycles. The molecule has 25 heavy (non-hydrogen) atoms. The first-order valence-electron chi connectivity index (χ1n) is 6.99. The van der Waals surface area contributed by atoms with Crippen LogP contribution in [0.3, 0.4) is 0 Å². The van der Waals surface area contributed by atoms with Gasteiger partial charge in [-0.2, -0.15) is 18.3 Å². The molecule has 2 rings (SSSR count). The minimum Gasteiger partial charge on any atom is -0.326 e. The Morgan fingerprint density at radius 3 is 2.36 bits per heavy atom. The number of amides is 1. The molecule has 0 fully saturated rings. The van der Waals surface area contributed by atoms with Gasteiger partial charge < -0.3 is 5.32 Å². The monoisotopic (exact) mass is 371 g/mol. The predicted octanol–water partition coefficient (Wildman–Crippen LogP) is 3.95. The van der Waals surface area contributed by atoms with E-state index in [-0.39, 0.29) is 22.2 Å². The summed E-state index contributed by atoms with van der Waals surface area (Å²) < 4.78 is 39.7. The molecule has 5 nitrogen and oxygen atoms in total. The van der Waals surface area contributed by atoms with Crippen molar-refractivity contribution in [3.63, 3.8) is 0 Å². The van der Waals surface area contributed by atoms with Gasteiger partial charge in [-0.1, -0.05) is 11.6 Å².